The number of pyridine rings is 1. The smallest absolute Gasteiger partial charge is 0.169 e. The monoisotopic (exact) mass is 380 g/mol. The first-order chi connectivity index (χ1) is 13.0. The van der Waals surface area contributed by atoms with Gasteiger partial charge in [0.1, 0.15) is 5.82 Å². The van der Waals surface area contributed by atoms with Gasteiger partial charge in [-0.2, -0.15) is 0 Å². The Morgan fingerprint density at radius 2 is 1.93 bits per heavy atom. The van der Waals surface area contributed by atoms with Crippen molar-refractivity contribution >= 4 is 17.3 Å². The third-order valence-electron chi connectivity index (χ3n) is 5.19. The van der Waals surface area contributed by atoms with Gasteiger partial charge in [0, 0.05) is 30.3 Å². The third kappa shape index (κ3) is 3.00. The summed E-state index contributed by atoms with van der Waals surface area (Å²) in [6, 6.07) is 14.7. The number of nitrogens with one attached hydrogen (secondary N) is 1. The summed E-state index contributed by atoms with van der Waals surface area (Å²) < 4.78 is 15.9. The van der Waals surface area contributed by atoms with E-state index >= 15 is 0 Å². The van der Waals surface area contributed by atoms with Crippen LogP contribution in [-0.4, -0.2) is 26.6 Å². The van der Waals surface area contributed by atoms with Crippen molar-refractivity contribution in [2.75, 3.05) is 7.05 Å². The molecule has 0 radical (unpaired) electrons. The van der Waals surface area contributed by atoms with Crippen molar-refractivity contribution in [1.29, 1.82) is 0 Å². The van der Waals surface area contributed by atoms with Gasteiger partial charge in [-0.15, -0.1) is 0 Å². The number of aromatic nitrogens is 2. The molecule has 0 saturated carbocycles. The predicted molar refractivity (Wildman–Crippen MR) is 108 cm³/mol. The molecule has 1 aliphatic heterocycles. The van der Waals surface area contributed by atoms with Gasteiger partial charge in [0.15, 0.2) is 5.11 Å². The average Bonchev–Trinajstić information content (AvgIpc) is 3.11. The molecule has 2 atom stereocenters. The lowest BCUT2D eigenvalue weighted by Crippen LogP contribution is -2.25. The maximum Gasteiger partial charge on any atom is 0.169 e. The standard InChI is InChI=1S/C21H21FN4S/c1-13-11-17(14(2)26(13)16-8-6-7-15(22)12-16)20-19(24-21(27)25(20)3)18-9-4-5-10-23-18/h4-12,19-20H,1-3H3,(H,24,27). The van der Waals surface area contributed by atoms with E-state index in [1.54, 1.807) is 18.3 Å². The predicted octanol–water partition coefficient (Wildman–Crippen LogP) is 4.23. The Hall–Kier alpha value is -2.73. The molecule has 27 heavy (non-hydrogen) atoms. The van der Waals surface area contributed by atoms with Crippen molar-refractivity contribution in [3.05, 3.63) is 83.2 Å². The fourth-order valence-electron chi connectivity index (χ4n) is 3.95. The van der Waals surface area contributed by atoms with E-state index in [0.717, 1.165) is 28.3 Å². The third-order valence-corrected chi connectivity index (χ3v) is 5.60. The lowest BCUT2D eigenvalue weighted by Gasteiger charge is -2.24. The van der Waals surface area contributed by atoms with Crippen molar-refractivity contribution in [2.45, 2.75) is 25.9 Å². The molecule has 0 aliphatic carbocycles. The SMILES string of the molecule is Cc1cc(C2C(c3ccccn3)NC(=S)N2C)c(C)n1-c1cccc(F)c1. The summed E-state index contributed by atoms with van der Waals surface area (Å²) >= 11 is 5.52. The zero-order valence-electron chi connectivity index (χ0n) is 15.5. The van der Waals surface area contributed by atoms with Gasteiger partial charge in [-0.3, -0.25) is 4.98 Å². The molecule has 0 bridgehead atoms. The van der Waals surface area contributed by atoms with E-state index < -0.39 is 0 Å². The van der Waals surface area contributed by atoms with E-state index in [0.29, 0.717) is 5.11 Å². The molecule has 4 rings (SSSR count). The average molecular weight is 380 g/mol. The Labute approximate surface area is 163 Å². The topological polar surface area (TPSA) is 33.1 Å². The second-order valence-electron chi connectivity index (χ2n) is 6.88. The summed E-state index contributed by atoms with van der Waals surface area (Å²) in [5.74, 6) is -0.242. The molecule has 2 unspecified atom stereocenters. The van der Waals surface area contributed by atoms with Crippen LogP contribution in [0, 0.1) is 19.7 Å². The summed E-state index contributed by atoms with van der Waals surface area (Å²) in [4.78, 5) is 6.60. The van der Waals surface area contributed by atoms with Gasteiger partial charge in [0.2, 0.25) is 0 Å². The van der Waals surface area contributed by atoms with E-state index in [-0.39, 0.29) is 17.9 Å². The van der Waals surface area contributed by atoms with Crippen LogP contribution in [0.25, 0.3) is 5.69 Å². The van der Waals surface area contributed by atoms with Gasteiger partial charge in [0.05, 0.1) is 17.8 Å². The second kappa shape index (κ2) is 6.78. The summed E-state index contributed by atoms with van der Waals surface area (Å²) in [7, 11) is 2.00. The van der Waals surface area contributed by atoms with Gasteiger partial charge < -0.3 is 14.8 Å². The molecule has 6 heteroatoms. The Balaban J connectivity index is 1.82. The van der Waals surface area contributed by atoms with Crippen molar-refractivity contribution in [1.82, 2.24) is 19.8 Å². The van der Waals surface area contributed by atoms with Crippen molar-refractivity contribution < 1.29 is 4.39 Å². The molecule has 0 spiro atoms. The largest absolute Gasteiger partial charge is 0.352 e. The van der Waals surface area contributed by atoms with Crippen LogP contribution in [0.15, 0.2) is 54.7 Å². The molecule has 3 aromatic rings. The molecule has 2 aromatic heterocycles. The number of likely N-dealkylation sites (N-methyl/N-ethyl adjacent to an activating group) is 1. The molecule has 0 amide bonds. The summed E-state index contributed by atoms with van der Waals surface area (Å²) in [5, 5.41) is 4.10. The van der Waals surface area contributed by atoms with E-state index in [2.05, 4.69) is 32.8 Å². The quantitative estimate of drug-likeness (QED) is 0.690. The lowest BCUT2D eigenvalue weighted by atomic mass is 9.97. The molecule has 1 aromatic carbocycles. The molecule has 1 fully saturated rings. The molecule has 1 aliphatic rings. The fraction of sp³-hybridized carbons (Fsp3) is 0.238. The second-order valence-corrected chi connectivity index (χ2v) is 7.27. The molecule has 138 valence electrons. The maximum atomic E-state index is 13.8. The Morgan fingerprint density at radius 3 is 2.63 bits per heavy atom. The Kier molecular flexibility index (Phi) is 4.44. The minimum absolute atomic E-state index is 0.0147. The lowest BCUT2D eigenvalue weighted by molar-refractivity contribution is 0.367. The van der Waals surface area contributed by atoms with E-state index in [9.17, 15) is 4.39 Å². The van der Waals surface area contributed by atoms with Crippen LogP contribution in [0.2, 0.25) is 0 Å². The van der Waals surface area contributed by atoms with Gasteiger partial charge in [0.25, 0.3) is 0 Å². The minimum Gasteiger partial charge on any atom is -0.352 e. The number of halogens is 1. The number of hydrogen-bond acceptors (Lipinski definition) is 2. The molecule has 4 nitrogen and oxygen atoms in total. The zero-order chi connectivity index (χ0) is 19.1. The number of rotatable bonds is 3. The van der Waals surface area contributed by atoms with Gasteiger partial charge in [-0.25, -0.2) is 4.39 Å². The first-order valence-electron chi connectivity index (χ1n) is 8.86. The van der Waals surface area contributed by atoms with Crippen LogP contribution in [0.5, 0.6) is 0 Å². The first-order valence-corrected chi connectivity index (χ1v) is 9.27. The van der Waals surface area contributed by atoms with Crippen molar-refractivity contribution in [3.63, 3.8) is 0 Å². The van der Waals surface area contributed by atoms with Crippen LogP contribution in [0.4, 0.5) is 4.39 Å². The van der Waals surface area contributed by atoms with Crippen molar-refractivity contribution in [2.24, 2.45) is 0 Å². The molecular formula is C21H21FN4S. The van der Waals surface area contributed by atoms with Gasteiger partial charge >= 0.3 is 0 Å². The first kappa shape index (κ1) is 17.7. The van der Waals surface area contributed by atoms with Gasteiger partial charge in [-0.1, -0.05) is 12.1 Å². The van der Waals surface area contributed by atoms with Crippen LogP contribution < -0.4 is 5.32 Å². The molecule has 1 saturated heterocycles. The van der Waals surface area contributed by atoms with Crippen LogP contribution in [0.1, 0.15) is 34.7 Å². The number of thiocarbonyl (C=S) groups is 1. The number of hydrogen-bond donors (Lipinski definition) is 1. The Bertz CT molecular complexity index is 999. The molecule has 1 N–H and O–H groups in total. The van der Waals surface area contributed by atoms with Gasteiger partial charge in [-0.05, 0) is 68.0 Å². The minimum atomic E-state index is -0.242. The normalized spacial score (nSPS) is 19.4. The number of nitrogens with zero attached hydrogens (tertiary/aromatic N) is 3. The molecular weight excluding hydrogens is 359 g/mol. The number of benzene rings is 1. The molecule has 3 heterocycles. The van der Waals surface area contributed by atoms with E-state index in [1.807, 2.05) is 38.2 Å². The summed E-state index contributed by atoms with van der Waals surface area (Å²) in [5.41, 5.74) is 5.05. The zero-order valence-corrected chi connectivity index (χ0v) is 16.3. The highest BCUT2D eigenvalue weighted by atomic mass is 32.1. The highest BCUT2D eigenvalue weighted by molar-refractivity contribution is 7.80. The number of aryl methyl sites for hydroxylation is 1. The van der Waals surface area contributed by atoms with Crippen LogP contribution in [0.3, 0.4) is 0 Å². The van der Waals surface area contributed by atoms with Crippen LogP contribution in [-0.2, 0) is 0 Å². The highest BCUT2D eigenvalue weighted by Gasteiger charge is 2.39. The maximum absolute atomic E-state index is 13.8. The Morgan fingerprint density at radius 1 is 1.11 bits per heavy atom. The summed E-state index contributed by atoms with van der Waals surface area (Å²) in [6.07, 6.45) is 1.80. The summed E-state index contributed by atoms with van der Waals surface area (Å²) in [6.45, 7) is 4.11. The fourth-order valence-corrected chi connectivity index (χ4v) is 4.19. The van der Waals surface area contributed by atoms with Crippen molar-refractivity contribution in [3.8, 4) is 5.69 Å². The van der Waals surface area contributed by atoms with E-state index in [1.165, 1.54) is 6.07 Å². The highest BCUT2D eigenvalue weighted by Crippen LogP contribution is 2.40. The van der Waals surface area contributed by atoms with E-state index in [4.69, 9.17) is 12.2 Å². The van der Waals surface area contributed by atoms with Crippen LogP contribution >= 0.6 is 12.2 Å².